The van der Waals surface area contributed by atoms with Crippen LogP contribution in [0.1, 0.15) is 72.1 Å². The maximum Gasteiger partial charge on any atom is 0.302 e. The molecule has 0 bridgehead atoms. The molecule has 4 nitrogen and oxygen atoms in total. The SMILES string of the molecule is CC(=O)O[C@H]1CC[C@@]2(C)C(=CC[C@H]3[C@H]2CC[C@]2(C)/C(=N/O)CC[C@H]32)C1. The van der Waals surface area contributed by atoms with Crippen LogP contribution in [0, 0.1) is 28.6 Å². The van der Waals surface area contributed by atoms with E-state index in [9.17, 15) is 10.0 Å². The van der Waals surface area contributed by atoms with E-state index in [4.69, 9.17) is 4.74 Å². The number of rotatable bonds is 1. The number of hydrogen-bond donors (Lipinski definition) is 1. The third-order valence-electron chi connectivity index (χ3n) is 8.25. The quantitative estimate of drug-likeness (QED) is 0.324. The summed E-state index contributed by atoms with van der Waals surface area (Å²) in [7, 11) is 0. The topological polar surface area (TPSA) is 58.9 Å². The lowest BCUT2D eigenvalue weighted by Crippen LogP contribution is -2.50. The summed E-state index contributed by atoms with van der Waals surface area (Å²) in [6, 6.07) is 0. The molecule has 0 heterocycles. The Bertz CT molecular complexity index is 639. The van der Waals surface area contributed by atoms with Crippen LogP contribution in [-0.4, -0.2) is 23.0 Å². The van der Waals surface area contributed by atoms with Gasteiger partial charge in [-0.25, -0.2) is 0 Å². The fourth-order valence-corrected chi connectivity index (χ4v) is 6.92. The van der Waals surface area contributed by atoms with Gasteiger partial charge in [0.25, 0.3) is 0 Å². The van der Waals surface area contributed by atoms with E-state index in [-0.39, 0.29) is 22.9 Å². The molecule has 0 aliphatic heterocycles. The van der Waals surface area contributed by atoms with Gasteiger partial charge >= 0.3 is 5.97 Å². The van der Waals surface area contributed by atoms with Crippen molar-refractivity contribution in [2.45, 2.75) is 78.2 Å². The Hall–Kier alpha value is -1.32. The first-order chi connectivity index (χ1) is 11.9. The fraction of sp³-hybridized carbons (Fsp3) is 0.810. The summed E-state index contributed by atoms with van der Waals surface area (Å²) in [5.41, 5.74) is 2.94. The molecule has 0 aromatic heterocycles. The molecule has 0 amide bonds. The number of oxime groups is 1. The van der Waals surface area contributed by atoms with E-state index < -0.39 is 0 Å². The van der Waals surface area contributed by atoms with Gasteiger partial charge in [-0.3, -0.25) is 4.79 Å². The first-order valence-corrected chi connectivity index (χ1v) is 9.96. The smallest absolute Gasteiger partial charge is 0.302 e. The molecule has 25 heavy (non-hydrogen) atoms. The number of nitrogens with zero attached hydrogens (tertiary/aromatic N) is 1. The molecular weight excluding hydrogens is 314 g/mol. The van der Waals surface area contributed by atoms with E-state index in [2.05, 4.69) is 25.1 Å². The maximum atomic E-state index is 11.3. The highest BCUT2D eigenvalue weighted by atomic mass is 16.5. The molecule has 0 aromatic carbocycles. The van der Waals surface area contributed by atoms with Gasteiger partial charge in [-0.15, -0.1) is 0 Å². The lowest BCUT2D eigenvalue weighted by molar-refractivity contribution is -0.148. The fourth-order valence-electron chi connectivity index (χ4n) is 6.92. The number of carbonyl (C=O) groups excluding carboxylic acids is 1. The van der Waals surface area contributed by atoms with Crippen molar-refractivity contribution in [1.82, 2.24) is 0 Å². The number of carbonyl (C=O) groups is 1. The summed E-state index contributed by atoms with van der Waals surface area (Å²) in [4.78, 5) is 11.3. The zero-order chi connectivity index (χ0) is 17.8. The Morgan fingerprint density at radius 1 is 1.20 bits per heavy atom. The average Bonchev–Trinajstić information content (AvgIpc) is 2.91. The van der Waals surface area contributed by atoms with Crippen molar-refractivity contribution in [2.24, 2.45) is 33.7 Å². The summed E-state index contributed by atoms with van der Waals surface area (Å²) in [6.07, 6.45) is 11.2. The Morgan fingerprint density at radius 2 is 1.92 bits per heavy atom. The molecule has 4 aliphatic carbocycles. The predicted molar refractivity (Wildman–Crippen MR) is 96.5 cm³/mol. The number of esters is 1. The Morgan fingerprint density at radius 3 is 2.64 bits per heavy atom. The van der Waals surface area contributed by atoms with Crippen LogP contribution < -0.4 is 0 Å². The van der Waals surface area contributed by atoms with Gasteiger partial charge in [0.1, 0.15) is 6.10 Å². The number of fused-ring (bicyclic) bond motifs is 5. The van der Waals surface area contributed by atoms with Crippen molar-refractivity contribution in [3.05, 3.63) is 11.6 Å². The summed E-state index contributed by atoms with van der Waals surface area (Å²) in [6.45, 7) is 6.30. The molecule has 1 N–H and O–H groups in total. The molecular formula is C21H31NO3. The van der Waals surface area contributed by atoms with Crippen LogP contribution in [0.4, 0.5) is 0 Å². The summed E-state index contributed by atoms with van der Waals surface area (Å²) in [5.74, 6) is 1.93. The highest BCUT2D eigenvalue weighted by Gasteiger charge is 2.58. The van der Waals surface area contributed by atoms with E-state index in [1.54, 1.807) is 0 Å². The Balaban J connectivity index is 1.60. The van der Waals surface area contributed by atoms with Crippen LogP contribution in [0.15, 0.2) is 16.8 Å². The van der Waals surface area contributed by atoms with Gasteiger partial charge in [0.2, 0.25) is 0 Å². The van der Waals surface area contributed by atoms with Gasteiger partial charge in [0.05, 0.1) is 5.71 Å². The standard InChI is InChI=1S/C21H31NO3/c1-13(23)25-15-8-10-20(2)14(12-15)4-5-16-17-6-7-19(22-24)21(17,3)11-9-18(16)20/h4,15-18,24H,5-12H2,1-3H3/b22-19+/t15-,16+,17+,18+,20-,21-/m0/s1. The molecule has 0 saturated heterocycles. The van der Waals surface area contributed by atoms with Gasteiger partial charge < -0.3 is 9.94 Å². The van der Waals surface area contributed by atoms with Crippen LogP contribution in [0.5, 0.6) is 0 Å². The number of ether oxygens (including phenoxy) is 1. The summed E-state index contributed by atoms with van der Waals surface area (Å²) >= 11 is 0. The van der Waals surface area contributed by atoms with Crippen molar-refractivity contribution in [1.29, 1.82) is 0 Å². The predicted octanol–water partition coefficient (Wildman–Crippen LogP) is 4.71. The lowest BCUT2D eigenvalue weighted by atomic mass is 9.48. The third kappa shape index (κ3) is 2.47. The zero-order valence-electron chi connectivity index (χ0n) is 15.8. The largest absolute Gasteiger partial charge is 0.462 e. The Kier molecular flexibility index (Phi) is 4.01. The molecule has 0 aromatic rings. The highest BCUT2D eigenvalue weighted by Crippen LogP contribution is 2.64. The van der Waals surface area contributed by atoms with E-state index in [1.165, 1.54) is 25.3 Å². The molecule has 3 saturated carbocycles. The first kappa shape index (κ1) is 17.1. The van der Waals surface area contributed by atoms with Crippen LogP contribution in [0.3, 0.4) is 0 Å². The van der Waals surface area contributed by atoms with E-state index in [0.717, 1.165) is 50.2 Å². The second-order valence-electron chi connectivity index (χ2n) is 9.28. The van der Waals surface area contributed by atoms with Gasteiger partial charge in [0, 0.05) is 18.8 Å². The molecule has 6 atom stereocenters. The van der Waals surface area contributed by atoms with Gasteiger partial charge in [-0.1, -0.05) is 30.7 Å². The van der Waals surface area contributed by atoms with Crippen LogP contribution in [0.25, 0.3) is 0 Å². The molecule has 4 aliphatic rings. The van der Waals surface area contributed by atoms with Gasteiger partial charge in [0.15, 0.2) is 0 Å². The second-order valence-corrected chi connectivity index (χ2v) is 9.28. The molecule has 3 fully saturated rings. The van der Waals surface area contributed by atoms with Crippen LogP contribution >= 0.6 is 0 Å². The Labute approximate surface area is 150 Å². The highest BCUT2D eigenvalue weighted by molar-refractivity contribution is 5.92. The number of hydrogen-bond acceptors (Lipinski definition) is 4. The monoisotopic (exact) mass is 345 g/mol. The number of allylic oxidation sites excluding steroid dienone is 1. The van der Waals surface area contributed by atoms with Gasteiger partial charge in [-0.05, 0) is 68.1 Å². The molecule has 0 spiro atoms. The molecule has 0 unspecified atom stereocenters. The molecule has 4 rings (SSSR count). The minimum atomic E-state index is -0.155. The molecule has 4 heteroatoms. The van der Waals surface area contributed by atoms with E-state index >= 15 is 0 Å². The summed E-state index contributed by atoms with van der Waals surface area (Å²) in [5, 5.41) is 13.1. The van der Waals surface area contributed by atoms with Crippen molar-refractivity contribution in [3.8, 4) is 0 Å². The maximum absolute atomic E-state index is 11.3. The average molecular weight is 345 g/mol. The third-order valence-corrected chi connectivity index (χ3v) is 8.25. The molecule has 0 radical (unpaired) electrons. The van der Waals surface area contributed by atoms with E-state index in [1.807, 2.05) is 0 Å². The zero-order valence-corrected chi connectivity index (χ0v) is 15.8. The van der Waals surface area contributed by atoms with Crippen molar-refractivity contribution in [3.63, 3.8) is 0 Å². The van der Waals surface area contributed by atoms with E-state index in [0.29, 0.717) is 11.8 Å². The van der Waals surface area contributed by atoms with Crippen LogP contribution in [-0.2, 0) is 9.53 Å². The summed E-state index contributed by atoms with van der Waals surface area (Å²) < 4.78 is 5.51. The van der Waals surface area contributed by atoms with Crippen molar-refractivity contribution in [2.75, 3.05) is 0 Å². The second kappa shape index (κ2) is 5.85. The van der Waals surface area contributed by atoms with Crippen LogP contribution in [0.2, 0.25) is 0 Å². The van der Waals surface area contributed by atoms with Crippen molar-refractivity contribution < 1.29 is 14.7 Å². The minimum Gasteiger partial charge on any atom is -0.462 e. The molecule has 138 valence electrons. The lowest BCUT2D eigenvalue weighted by Gasteiger charge is -2.57. The van der Waals surface area contributed by atoms with Gasteiger partial charge in [-0.2, -0.15) is 0 Å². The first-order valence-electron chi connectivity index (χ1n) is 9.96. The minimum absolute atomic E-state index is 0.0711. The normalized spacial score (nSPS) is 47.5. The van der Waals surface area contributed by atoms with Crippen molar-refractivity contribution >= 4 is 11.7 Å².